The third-order valence-corrected chi connectivity index (χ3v) is 0. The summed E-state index contributed by atoms with van der Waals surface area (Å²) in [6.45, 7) is 0. The largest absolute Gasteiger partial charge is 2.00 e. The van der Waals surface area contributed by atoms with Crippen molar-refractivity contribution in [3.05, 3.63) is 0 Å². The zero-order valence-corrected chi connectivity index (χ0v) is 21.4. The van der Waals surface area contributed by atoms with Gasteiger partial charge in [-0.1, -0.05) is 0 Å². The van der Waals surface area contributed by atoms with E-state index in [0.717, 1.165) is 8.97 Å². The second-order valence-electron chi connectivity index (χ2n) is 6.18. The molecule has 0 aromatic carbocycles. The maximum atomic E-state index is 8.52. The van der Waals surface area contributed by atoms with Gasteiger partial charge < -0.3 is 81.9 Å². The smallest absolute Gasteiger partial charge is 0.759 e. The molecule has 0 spiro atoms. The maximum Gasteiger partial charge on any atom is 2.00 e. The van der Waals surface area contributed by atoms with E-state index in [0.29, 0.717) is 0 Å². The summed E-state index contributed by atoms with van der Waals surface area (Å²) in [5.74, 6) is 0. The summed E-state index contributed by atoms with van der Waals surface area (Å²) in [7, 11) is 6.67. The van der Waals surface area contributed by atoms with E-state index in [1.54, 1.807) is 0 Å². The van der Waals surface area contributed by atoms with Crippen molar-refractivity contribution in [2.75, 3.05) is 56.4 Å². The molecule has 0 aromatic rings. The van der Waals surface area contributed by atoms with E-state index >= 15 is 0 Å². The standard InChI is InChI=1S/2C4H12N.Co.2H2O4S.10H2O/c2*1-5(2,3)4;;2*1-5(2,3)4;;;;;;;;;;/h2*1-4H3;;2*(H2,1,2,3,4);10*1H2/q2*+1;+2;;;;;;;;;;;;/p+2. The molecule has 0 amide bonds. The zero-order chi connectivity index (χ0) is 18.0. The minimum absolute atomic E-state index is 0. The van der Waals surface area contributed by atoms with E-state index in [1.807, 2.05) is 0 Å². The molecule has 0 fully saturated rings. The van der Waals surface area contributed by atoms with Crippen molar-refractivity contribution in [1.29, 1.82) is 0 Å². The Hall–Kier alpha value is -0.234. The predicted octanol–water partition coefficient (Wildman–Crippen LogP) is -10.9. The molecule has 23 heteroatoms. The normalized spacial score (nSPS) is 7.61. The van der Waals surface area contributed by atoms with E-state index < -0.39 is 20.8 Å². The van der Waals surface area contributed by atoms with Gasteiger partial charge >= 0.3 is 16.8 Å². The topological polar surface area (TPSA) is 485 Å². The molecule has 0 unspecified atom stereocenters. The molecule has 0 bridgehead atoms. The summed E-state index contributed by atoms with van der Waals surface area (Å²) in [5.41, 5.74) is 0. The van der Waals surface area contributed by atoms with Crippen molar-refractivity contribution < 1.29 is 116 Å². The SMILES string of the molecule is C[N+](C)(C)C.C[N+](C)(C)C.O.O.O.O.O=S(=O)([O-])[O-].O=S(=O)([O-])[O-].[Co+2].[OH3+].[OH3+].[OH3+].[OH3+].[OH3+].[OH3+]. The minimum Gasteiger partial charge on any atom is -0.759 e. The van der Waals surface area contributed by atoms with Gasteiger partial charge in [0.1, 0.15) is 0 Å². The third-order valence-electron chi connectivity index (χ3n) is 0. The van der Waals surface area contributed by atoms with Crippen LogP contribution in [0.15, 0.2) is 0 Å². The molecule has 0 saturated carbocycles. The Morgan fingerprint density at radius 1 is 0.419 bits per heavy atom. The van der Waals surface area contributed by atoms with E-state index in [4.69, 9.17) is 35.0 Å². The molecule has 0 rings (SSSR count). The maximum absolute atomic E-state index is 8.52. The molecule has 0 aliphatic carbocycles. The Morgan fingerprint density at radius 2 is 0.419 bits per heavy atom. The monoisotopic (exact) mass is 585 g/mol. The number of quaternary nitrogens is 2. The molecule has 0 aliphatic heterocycles. The zero-order valence-electron chi connectivity index (χ0n) is 18.8. The Bertz CT molecular complexity index is 362. The molecular formula is C8H50CoN2O18S2+6. The van der Waals surface area contributed by atoms with Gasteiger partial charge in [-0.25, -0.2) is 0 Å². The van der Waals surface area contributed by atoms with Crippen LogP contribution in [0.1, 0.15) is 0 Å². The summed E-state index contributed by atoms with van der Waals surface area (Å²) in [4.78, 5) is 0. The molecule has 0 heterocycles. The molecule has 26 N–H and O–H groups in total. The Morgan fingerprint density at radius 3 is 0.419 bits per heavy atom. The fourth-order valence-electron chi connectivity index (χ4n) is 0. The van der Waals surface area contributed by atoms with Crippen molar-refractivity contribution in [3.8, 4) is 0 Å². The number of hydrogen-bond acceptors (Lipinski definition) is 8. The molecule has 31 heavy (non-hydrogen) atoms. The molecule has 0 aliphatic rings. The fraction of sp³-hybridized carbons (Fsp3) is 1.00. The summed E-state index contributed by atoms with van der Waals surface area (Å²) in [6.07, 6.45) is 0. The van der Waals surface area contributed by atoms with Crippen LogP contribution in [0.25, 0.3) is 0 Å². The fourth-order valence-corrected chi connectivity index (χ4v) is 0. The first-order valence-electron chi connectivity index (χ1n) is 4.91. The average molecular weight is 586 g/mol. The van der Waals surface area contributed by atoms with Crippen LogP contribution >= 0.6 is 0 Å². The summed E-state index contributed by atoms with van der Waals surface area (Å²) >= 11 is 0. The molecule has 0 aromatic heterocycles. The van der Waals surface area contributed by atoms with Gasteiger partial charge in [0.15, 0.2) is 0 Å². The quantitative estimate of drug-likeness (QED) is 0.113. The van der Waals surface area contributed by atoms with Crippen molar-refractivity contribution >= 4 is 20.8 Å². The van der Waals surface area contributed by atoms with Gasteiger partial charge in [0.2, 0.25) is 0 Å². The van der Waals surface area contributed by atoms with Gasteiger partial charge in [0.05, 0.1) is 56.4 Å². The molecule has 0 atom stereocenters. The Balaban J connectivity index is -0.00000000757. The van der Waals surface area contributed by atoms with Crippen LogP contribution in [0.3, 0.4) is 0 Å². The second kappa shape index (κ2) is 43.6. The summed E-state index contributed by atoms with van der Waals surface area (Å²) in [5, 5.41) is 0. The summed E-state index contributed by atoms with van der Waals surface area (Å²) < 4.78 is 70.2. The van der Waals surface area contributed by atoms with Gasteiger partial charge in [-0.2, -0.15) is 0 Å². The van der Waals surface area contributed by atoms with Gasteiger partial charge in [-0.05, 0) is 0 Å². The number of rotatable bonds is 0. The Labute approximate surface area is 193 Å². The van der Waals surface area contributed by atoms with Crippen LogP contribution in [0, 0.1) is 0 Å². The van der Waals surface area contributed by atoms with Gasteiger partial charge in [-0.3, -0.25) is 16.8 Å². The van der Waals surface area contributed by atoms with Gasteiger partial charge in [-0.15, -0.1) is 0 Å². The van der Waals surface area contributed by atoms with Crippen molar-refractivity contribution in [3.63, 3.8) is 0 Å². The van der Waals surface area contributed by atoms with E-state index in [9.17, 15) is 0 Å². The van der Waals surface area contributed by atoms with Gasteiger partial charge in [0.25, 0.3) is 0 Å². The molecular weight excluding hydrogens is 535 g/mol. The number of nitrogens with zero attached hydrogens (tertiary/aromatic N) is 2. The predicted molar refractivity (Wildman–Crippen MR) is 113 cm³/mol. The van der Waals surface area contributed by atoms with E-state index in [1.165, 1.54) is 0 Å². The summed E-state index contributed by atoms with van der Waals surface area (Å²) in [6, 6.07) is 0. The molecule has 215 valence electrons. The first-order valence-corrected chi connectivity index (χ1v) is 7.58. The van der Waals surface area contributed by atoms with Crippen LogP contribution in [-0.2, 0) is 70.4 Å². The van der Waals surface area contributed by atoms with Gasteiger partial charge in [0, 0.05) is 20.8 Å². The first-order chi connectivity index (χ1) is 8.00. The average Bonchev–Trinajstić information content (AvgIpc) is 1.62. The van der Waals surface area contributed by atoms with Crippen LogP contribution in [0.4, 0.5) is 0 Å². The minimum atomic E-state index is -5.17. The van der Waals surface area contributed by atoms with Crippen molar-refractivity contribution in [2.45, 2.75) is 0 Å². The van der Waals surface area contributed by atoms with Crippen LogP contribution in [0.2, 0.25) is 0 Å². The van der Waals surface area contributed by atoms with Crippen LogP contribution < -0.4 is 0 Å². The molecule has 20 nitrogen and oxygen atoms in total. The molecule has 1 radical (unpaired) electrons. The molecule has 0 saturated heterocycles. The third kappa shape index (κ3) is 421000. The van der Waals surface area contributed by atoms with Crippen LogP contribution in [-0.4, -0.2) is 122 Å². The number of hydrogen-bond donors (Lipinski definition) is 0. The van der Waals surface area contributed by atoms with E-state index in [2.05, 4.69) is 56.4 Å². The van der Waals surface area contributed by atoms with E-state index in [-0.39, 0.29) is 71.5 Å². The Kier molecular flexibility index (Phi) is 154. The first kappa shape index (κ1) is 110. The second-order valence-corrected chi connectivity index (χ2v) is 7.82. The van der Waals surface area contributed by atoms with Crippen molar-refractivity contribution in [2.24, 2.45) is 0 Å². The van der Waals surface area contributed by atoms with Crippen LogP contribution in [0.5, 0.6) is 0 Å². The van der Waals surface area contributed by atoms with Crippen molar-refractivity contribution in [1.82, 2.24) is 0 Å².